The summed E-state index contributed by atoms with van der Waals surface area (Å²) < 4.78 is 42.6. The summed E-state index contributed by atoms with van der Waals surface area (Å²) in [4.78, 5) is 41.9. The number of aliphatic carboxylic acids is 1. The maximum atomic E-state index is 12.7. The number of aromatic nitrogens is 2. The molecule has 0 aliphatic carbocycles. The minimum absolute atomic E-state index is 0.00735. The van der Waals surface area contributed by atoms with Gasteiger partial charge in [0.15, 0.2) is 22.3 Å². The lowest BCUT2D eigenvalue weighted by Gasteiger charge is -2.49. The van der Waals surface area contributed by atoms with E-state index in [1.165, 1.54) is 11.5 Å². The second kappa shape index (κ2) is 9.06. The van der Waals surface area contributed by atoms with Gasteiger partial charge >= 0.3 is 12.1 Å². The lowest BCUT2D eigenvalue weighted by atomic mass is 10.0. The van der Waals surface area contributed by atoms with Gasteiger partial charge in [-0.1, -0.05) is 16.4 Å². The number of nitrogens with two attached hydrogens (primary N) is 1. The third-order valence-electron chi connectivity index (χ3n) is 4.83. The fourth-order valence-corrected chi connectivity index (χ4v) is 5.14. The molecule has 2 atom stereocenters. The number of anilines is 1. The van der Waals surface area contributed by atoms with Crippen molar-refractivity contribution in [2.24, 2.45) is 5.16 Å². The van der Waals surface area contributed by atoms with E-state index in [0.29, 0.717) is 6.07 Å². The summed E-state index contributed by atoms with van der Waals surface area (Å²) in [6.07, 6.45) is -2.38. The van der Waals surface area contributed by atoms with E-state index in [1.807, 2.05) is 0 Å². The molecular formula is C18H13F3N6O6S2. The first kappa shape index (κ1) is 24.3. The number of hydrogen-bond acceptors (Lipinski definition) is 11. The molecule has 0 radical (unpaired) electrons. The molecule has 12 nitrogen and oxygen atoms in total. The van der Waals surface area contributed by atoms with Gasteiger partial charge in [0, 0.05) is 17.2 Å². The molecule has 5 N–H and O–H groups in total. The minimum atomic E-state index is -4.70. The molecule has 35 heavy (non-hydrogen) atoms. The average Bonchev–Trinajstić information content (AvgIpc) is 3.45. The number of carbonyl (C=O) groups is 3. The number of carbonyl (C=O) groups excluding carboxylic acids is 2. The highest BCUT2D eigenvalue weighted by molar-refractivity contribution is 8.00. The lowest BCUT2D eigenvalue weighted by Crippen LogP contribution is -2.71. The minimum Gasteiger partial charge on any atom is -0.477 e. The van der Waals surface area contributed by atoms with Crippen molar-refractivity contribution in [3.05, 3.63) is 45.9 Å². The Morgan fingerprint density at radius 1 is 1.37 bits per heavy atom. The van der Waals surface area contributed by atoms with Crippen LogP contribution >= 0.6 is 23.1 Å². The molecule has 0 bridgehead atoms. The molecule has 4 rings (SSSR count). The number of thiazole rings is 1. The van der Waals surface area contributed by atoms with Crippen LogP contribution in [-0.4, -0.2) is 66.0 Å². The second-order valence-electron chi connectivity index (χ2n) is 7.01. The van der Waals surface area contributed by atoms with Gasteiger partial charge in [-0.3, -0.25) is 14.5 Å². The number of nitrogens with one attached hydrogen (secondary N) is 1. The monoisotopic (exact) mass is 530 g/mol. The van der Waals surface area contributed by atoms with Crippen molar-refractivity contribution in [1.29, 1.82) is 0 Å². The van der Waals surface area contributed by atoms with Crippen molar-refractivity contribution in [3.63, 3.8) is 0 Å². The quantitative estimate of drug-likeness (QED) is 0.184. The van der Waals surface area contributed by atoms with E-state index in [9.17, 15) is 37.9 Å². The number of alkyl halides is 3. The van der Waals surface area contributed by atoms with Gasteiger partial charge < -0.3 is 25.9 Å². The molecule has 0 unspecified atom stereocenters. The Labute approximate surface area is 200 Å². The summed E-state index contributed by atoms with van der Waals surface area (Å²) in [5.74, 6) is -3.32. The van der Waals surface area contributed by atoms with E-state index in [2.05, 4.69) is 25.1 Å². The van der Waals surface area contributed by atoms with E-state index in [-0.39, 0.29) is 33.6 Å². The smallest absolute Gasteiger partial charge is 0.436 e. The number of halogens is 3. The molecule has 184 valence electrons. The van der Waals surface area contributed by atoms with E-state index in [1.54, 1.807) is 0 Å². The van der Waals surface area contributed by atoms with Crippen LogP contribution in [0.5, 0.6) is 0 Å². The molecule has 0 aromatic carbocycles. The molecular weight excluding hydrogens is 517 g/mol. The van der Waals surface area contributed by atoms with Gasteiger partial charge in [-0.05, 0) is 11.6 Å². The summed E-state index contributed by atoms with van der Waals surface area (Å²) >= 11 is 2.12. The summed E-state index contributed by atoms with van der Waals surface area (Å²) in [5.41, 5.74) is 3.52. The van der Waals surface area contributed by atoms with Crippen molar-refractivity contribution < 1.29 is 42.4 Å². The van der Waals surface area contributed by atoms with E-state index < -0.39 is 46.8 Å². The topological polar surface area (TPSA) is 184 Å². The van der Waals surface area contributed by atoms with Gasteiger partial charge in [0.25, 0.3) is 11.8 Å². The SMILES string of the molecule is Nc1nc(/C(=N/O)C(=O)N[C@@H]2C(=O)N3C(C(=O)O)=C(/C=C\c4cc(C(F)(F)F)no4)CS[C@H]23)cs1. The van der Waals surface area contributed by atoms with Crippen molar-refractivity contribution in [3.8, 4) is 0 Å². The van der Waals surface area contributed by atoms with Crippen LogP contribution in [0.3, 0.4) is 0 Å². The van der Waals surface area contributed by atoms with Crippen LogP contribution < -0.4 is 11.1 Å². The van der Waals surface area contributed by atoms with Crippen molar-refractivity contribution in [2.45, 2.75) is 17.6 Å². The van der Waals surface area contributed by atoms with Crippen molar-refractivity contribution in [1.82, 2.24) is 20.4 Å². The van der Waals surface area contributed by atoms with Crippen LogP contribution in [0.2, 0.25) is 0 Å². The number of thioether (sulfide) groups is 1. The Balaban J connectivity index is 1.51. The first-order chi connectivity index (χ1) is 16.5. The van der Waals surface area contributed by atoms with Crippen molar-refractivity contribution >= 4 is 57.8 Å². The number of hydrogen-bond donors (Lipinski definition) is 4. The first-order valence-electron chi connectivity index (χ1n) is 9.38. The maximum absolute atomic E-state index is 12.7. The number of carboxylic acid groups (broad SMARTS) is 1. The number of fused-ring (bicyclic) bond motifs is 1. The van der Waals surface area contributed by atoms with Gasteiger partial charge in [-0.25, -0.2) is 9.78 Å². The number of oxime groups is 1. The molecule has 2 aromatic rings. The number of carboxylic acids is 1. The van der Waals surface area contributed by atoms with E-state index in [0.717, 1.165) is 34.1 Å². The molecule has 17 heteroatoms. The Hall–Kier alpha value is -3.86. The number of rotatable bonds is 6. The normalized spacial score (nSPS) is 20.7. The number of amides is 2. The fraction of sp³-hybridized carbons (Fsp3) is 0.222. The number of nitrogen functional groups attached to an aromatic ring is 1. The molecule has 2 aliphatic rings. The second-order valence-corrected chi connectivity index (χ2v) is 9.00. The zero-order chi connectivity index (χ0) is 25.5. The zero-order valence-corrected chi connectivity index (χ0v) is 18.6. The van der Waals surface area contributed by atoms with E-state index in [4.69, 9.17) is 5.73 Å². The van der Waals surface area contributed by atoms with Crippen LogP contribution in [0.15, 0.2) is 38.5 Å². The highest BCUT2D eigenvalue weighted by Crippen LogP contribution is 2.41. The third kappa shape index (κ3) is 4.59. The van der Waals surface area contributed by atoms with Crippen LogP contribution in [0, 0.1) is 0 Å². The van der Waals surface area contributed by atoms with Gasteiger partial charge in [-0.2, -0.15) is 13.2 Å². The van der Waals surface area contributed by atoms with Gasteiger partial charge in [-0.15, -0.1) is 23.1 Å². The number of nitrogens with zero attached hydrogens (tertiary/aromatic N) is 4. The fourth-order valence-electron chi connectivity index (χ4n) is 3.27. The molecule has 2 aliphatic heterocycles. The number of allylic oxidation sites excluding steroid dienone is 1. The average molecular weight is 530 g/mol. The summed E-state index contributed by atoms with van der Waals surface area (Å²) in [5, 5.41) is 27.8. The summed E-state index contributed by atoms with van der Waals surface area (Å²) in [6.45, 7) is 0. The molecule has 0 saturated carbocycles. The zero-order valence-electron chi connectivity index (χ0n) is 17.0. The largest absolute Gasteiger partial charge is 0.477 e. The van der Waals surface area contributed by atoms with Gasteiger partial charge in [0.05, 0.1) is 0 Å². The molecule has 0 spiro atoms. The van der Waals surface area contributed by atoms with Gasteiger partial charge in [0.2, 0.25) is 0 Å². The predicted molar refractivity (Wildman–Crippen MR) is 115 cm³/mol. The van der Waals surface area contributed by atoms with Crippen molar-refractivity contribution in [2.75, 3.05) is 11.5 Å². The molecule has 1 saturated heterocycles. The highest BCUT2D eigenvalue weighted by atomic mass is 32.2. The van der Waals surface area contributed by atoms with Crippen LogP contribution in [0.4, 0.5) is 18.3 Å². The van der Waals surface area contributed by atoms with Crippen LogP contribution in [-0.2, 0) is 20.6 Å². The maximum Gasteiger partial charge on any atom is 0.436 e. The summed E-state index contributed by atoms with van der Waals surface area (Å²) in [7, 11) is 0. The van der Waals surface area contributed by atoms with E-state index >= 15 is 0 Å². The van der Waals surface area contributed by atoms with Crippen LogP contribution in [0.1, 0.15) is 17.1 Å². The Morgan fingerprint density at radius 2 is 2.11 bits per heavy atom. The van der Waals surface area contributed by atoms with Gasteiger partial charge in [0.1, 0.15) is 22.8 Å². The molecule has 2 amide bonds. The Bertz CT molecular complexity index is 1300. The molecule has 4 heterocycles. The summed E-state index contributed by atoms with van der Waals surface area (Å²) in [6, 6.07) is -0.476. The predicted octanol–water partition coefficient (Wildman–Crippen LogP) is 1.36. The Morgan fingerprint density at radius 3 is 2.69 bits per heavy atom. The number of β-lactam (4-membered cyclic amide) rings is 1. The molecule has 2 aromatic heterocycles. The third-order valence-corrected chi connectivity index (χ3v) is 6.81. The lowest BCUT2D eigenvalue weighted by molar-refractivity contribution is -0.150. The Kier molecular flexibility index (Phi) is 6.28. The highest BCUT2D eigenvalue weighted by Gasteiger charge is 2.54. The standard InChI is InChI=1S/C18H13F3N6O6S2/c19-18(20,21)9-3-7(33-26-9)2-1-6-4-34-15-11(14(29)27(15)12(6)16(30)31)24-13(28)10(25-32)8-5-35-17(22)23-8/h1-3,5,11,15,32H,4H2,(H2,22,23)(H,24,28)(H,30,31)/b2-1-,25-10-/t11-,15-/m1/s1. The van der Waals surface area contributed by atoms with Crippen LogP contribution in [0.25, 0.3) is 6.08 Å². The first-order valence-corrected chi connectivity index (χ1v) is 11.3. The molecule has 1 fully saturated rings.